The molecule has 2 rings (SSSR count). The maximum absolute atomic E-state index is 12.7. The minimum atomic E-state index is -0.312. The summed E-state index contributed by atoms with van der Waals surface area (Å²) in [6.45, 7) is 6.96. The molecular weight excluding hydrogens is 368 g/mol. The van der Waals surface area contributed by atoms with Gasteiger partial charge in [-0.2, -0.15) is 0 Å². The van der Waals surface area contributed by atoms with E-state index in [9.17, 15) is 9.59 Å². The molecular formula is C20H23ClN2O2S. The average Bonchev–Trinajstić information content (AvgIpc) is 2.64. The van der Waals surface area contributed by atoms with Gasteiger partial charge in [-0.1, -0.05) is 23.7 Å². The Kier molecular flexibility index (Phi) is 7.54. The normalized spacial score (nSPS) is 11.7. The molecule has 0 unspecified atom stereocenters. The smallest absolute Gasteiger partial charge is 0.255 e. The zero-order valence-corrected chi connectivity index (χ0v) is 16.7. The Balaban J connectivity index is 2.11. The summed E-state index contributed by atoms with van der Waals surface area (Å²) in [4.78, 5) is 27.9. The zero-order valence-electron chi connectivity index (χ0n) is 15.2. The lowest BCUT2D eigenvalue weighted by Gasteiger charge is -2.21. The van der Waals surface area contributed by atoms with Gasteiger partial charge in [0.05, 0.1) is 16.5 Å². The molecule has 0 heterocycles. The van der Waals surface area contributed by atoms with Crippen LogP contribution < -0.4 is 5.32 Å². The van der Waals surface area contributed by atoms with Gasteiger partial charge >= 0.3 is 0 Å². The zero-order chi connectivity index (χ0) is 19.1. The SMILES string of the molecule is CCN(CC)C(=O)c1ccccc1NC(=O)[C@H](C)Sc1ccc(Cl)cc1. The van der Waals surface area contributed by atoms with Crippen molar-refractivity contribution in [1.82, 2.24) is 4.90 Å². The number of rotatable bonds is 7. The second-order valence-corrected chi connectivity index (χ2v) is 7.58. The van der Waals surface area contributed by atoms with E-state index in [2.05, 4.69) is 5.32 Å². The van der Waals surface area contributed by atoms with Crippen LogP contribution in [0.15, 0.2) is 53.4 Å². The molecule has 0 aliphatic rings. The number of carbonyl (C=O) groups excluding carboxylic acids is 2. The second-order valence-electron chi connectivity index (χ2n) is 5.73. The maximum atomic E-state index is 12.7. The van der Waals surface area contributed by atoms with Crippen molar-refractivity contribution in [2.24, 2.45) is 0 Å². The summed E-state index contributed by atoms with van der Waals surface area (Å²) in [6, 6.07) is 14.5. The van der Waals surface area contributed by atoms with Gasteiger partial charge < -0.3 is 10.2 Å². The van der Waals surface area contributed by atoms with Crippen molar-refractivity contribution >= 4 is 40.9 Å². The Labute approximate surface area is 163 Å². The molecule has 1 N–H and O–H groups in total. The van der Waals surface area contributed by atoms with Crippen LogP contribution >= 0.6 is 23.4 Å². The van der Waals surface area contributed by atoms with Gasteiger partial charge in [0.25, 0.3) is 5.91 Å². The van der Waals surface area contributed by atoms with E-state index in [1.54, 1.807) is 35.2 Å². The molecule has 0 spiro atoms. The molecule has 0 saturated heterocycles. The molecule has 0 aromatic heterocycles. The number of nitrogens with one attached hydrogen (secondary N) is 1. The van der Waals surface area contributed by atoms with Gasteiger partial charge in [0.15, 0.2) is 0 Å². The summed E-state index contributed by atoms with van der Waals surface area (Å²) in [5, 5.41) is 3.24. The minimum Gasteiger partial charge on any atom is -0.339 e. The summed E-state index contributed by atoms with van der Waals surface area (Å²) < 4.78 is 0. The topological polar surface area (TPSA) is 49.4 Å². The molecule has 0 aliphatic carbocycles. The monoisotopic (exact) mass is 390 g/mol. The van der Waals surface area contributed by atoms with Gasteiger partial charge in [-0.15, -0.1) is 11.8 Å². The number of benzene rings is 2. The number of para-hydroxylation sites is 1. The third kappa shape index (κ3) is 5.26. The molecule has 1 atom stereocenters. The standard InChI is InChI=1S/C20H23ClN2O2S/c1-4-23(5-2)20(25)17-8-6-7-9-18(17)22-19(24)14(3)26-16-12-10-15(21)11-13-16/h6-14H,4-5H2,1-3H3,(H,22,24)/t14-/m0/s1. The number of thioether (sulfide) groups is 1. The van der Waals surface area contributed by atoms with Crippen LogP contribution in [0.4, 0.5) is 5.69 Å². The number of hydrogen-bond donors (Lipinski definition) is 1. The molecule has 0 fully saturated rings. The highest BCUT2D eigenvalue weighted by atomic mass is 35.5. The molecule has 0 radical (unpaired) electrons. The van der Waals surface area contributed by atoms with Crippen molar-refractivity contribution in [2.75, 3.05) is 18.4 Å². The van der Waals surface area contributed by atoms with Gasteiger partial charge in [-0.05, 0) is 57.2 Å². The van der Waals surface area contributed by atoms with Crippen molar-refractivity contribution in [3.05, 3.63) is 59.1 Å². The fourth-order valence-corrected chi connectivity index (χ4v) is 3.46. The molecule has 6 heteroatoms. The molecule has 2 amide bonds. The van der Waals surface area contributed by atoms with Crippen LogP contribution in [0.25, 0.3) is 0 Å². The Morgan fingerprint density at radius 1 is 1.08 bits per heavy atom. The molecule has 138 valence electrons. The summed E-state index contributed by atoms with van der Waals surface area (Å²) >= 11 is 7.33. The maximum Gasteiger partial charge on any atom is 0.255 e. The van der Waals surface area contributed by atoms with E-state index in [1.165, 1.54) is 11.8 Å². The molecule has 26 heavy (non-hydrogen) atoms. The Morgan fingerprint density at radius 2 is 1.69 bits per heavy atom. The Bertz CT molecular complexity index is 761. The number of nitrogens with zero attached hydrogens (tertiary/aromatic N) is 1. The molecule has 2 aromatic carbocycles. The number of hydrogen-bond acceptors (Lipinski definition) is 3. The lowest BCUT2D eigenvalue weighted by molar-refractivity contribution is -0.115. The van der Waals surface area contributed by atoms with Crippen molar-refractivity contribution in [2.45, 2.75) is 30.9 Å². The lowest BCUT2D eigenvalue weighted by atomic mass is 10.1. The molecule has 0 saturated carbocycles. The fraction of sp³-hybridized carbons (Fsp3) is 0.300. The van der Waals surface area contributed by atoms with Crippen molar-refractivity contribution in [1.29, 1.82) is 0 Å². The minimum absolute atomic E-state index is 0.0797. The van der Waals surface area contributed by atoms with E-state index < -0.39 is 0 Å². The van der Waals surface area contributed by atoms with Crippen LogP contribution in [-0.2, 0) is 4.79 Å². The predicted molar refractivity (Wildman–Crippen MR) is 109 cm³/mol. The molecule has 0 aliphatic heterocycles. The van der Waals surface area contributed by atoms with Gasteiger partial charge in [0.2, 0.25) is 5.91 Å². The molecule has 4 nitrogen and oxygen atoms in total. The first-order chi connectivity index (χ1) is 12.5. The highest BCUT2D eigenvalue weighted by molar-refractivity contribution is 8.00. The first-order valence-corrected chi connectivity index (χ1v) is 9.83. The molecule has 2 aromatic rings. The van der Waals surface area contributed by atoms with Crippen molar-refractivity contribution in [3.63, 3.8) is 0 Å². The van der Waals surface area contributed by atoms with Crippen LogP contribution in [0.1, 0.15) is 31.1 Å². The van der Waals surface area contributed by atoms with Gasteiger partial charge in [-0.25, -0.2) is 0 Å². The number of anilines is 1. The van der Waals surface area contributed by atoms with E-state index in [0.717, 1.165) is 4.90 Å². The predicted octanol–water partition coefficient (Wildman–Crippen LogP) is 4.94. The summed E-state index contributed by atoms with van der Waals surface area (Å²) in [5.41, 5.74) is 1.05. The average molecular weight is 391 g/mol. The summed E-state index contributed by atoms with van der Waals surface area (Å²) in [6.07, 6.45) is 0. The summed E-state index contributed by atoms with van der Waals surface area (Å²) in [5.74, 6) is -0.228. The highest BCUT2D eigenvalue weighted by Crippen LogP contribution is 2.26. The van der Waals surface area contributed by atoms with Crippen LogP contribution in [-0.4, -0.2) is 35.1 Å². The summed E-state index contributed by atoms with van der Waals surface area (Å²) in [7, 11) is 0. The van der Waals surface area contributed by atoms with Gasteiger partial charge in [-0.3, -0.25) is 9.59 Å². The molecule has 0 bridgehead atoms. The Hall–Kier alpha value is -1.98. The quantitative estimate of drug-likeness (QED) is 0.681. The fourth-order valence-electron chi connectivity index (χ4n) is 2.46. The number of carbonyl (C=O) groups is 2. The second kappa shape index (κ2) is 9.64. The van der Waals surface area contributed by atoms with Crippen LogP contribution in [0.3, 0.4) is 0 Å². The first kappa shape index (κ1) is 20.3. The van der Waals surface area contributed by atoms with Gasteiger partial charge in [0.1, 0.15) is 0 Å². The van der Waals surface area contributed by atoms with Crippen molar-refractivity contribution < 1.29 is 9.59 Å². The first-order valence-electron chi connectivity index (χ1n) is 8.57. The number of amides is 2. The van der Waals surface area contributed by atoms with E-state index in [0.29, 0.717) is 29.4 Å². The Morgan fingerprint density at radius 3 is 2.31 bits per heavy atom. The van der Waals surface area contributed by atoms with Crippen LogP contribution in [0, 0.1) is 0 Å². The third-order valence-electron chi connectivity index (χ3n) is 3.96. The third-order valence-corrected chi connectivity index (χ3v) is 5.33. The number of halogens is 1. The van der Waals surface area contributed by atoms with E-state index in [4.69, 9.17) is 11.6 Å². The van der Waals surface area contributed by atoms with E-state index in [-0.39, 0.29) is 17.1 Å². The largest absolute Gasteiger partial charge is 0.339 e. The van der Waals surface area contributed by atoms with Crippen molar-refractivity contribution in [3.8, 4) is 0 Å². The van der Waals surface area contributed by atoms with Crippen LogP contribution in [0.2, 0.25) is 5.02 Å². The lowest BCUT2D eigenvalue weighted by Crippen LogP contribution is -2.32. The van der Waals surface area contributed by atoms with E-state index >= 15 is 0 Å². The van der Waals surface area contributed by atoms with E-state index in [1.807, 2.05) is 39.0 Å². The highest BCUT2D eigenvalue weighted by Gasteiger charge is 2.20. The van der Waals surface area contributed by atoms with Crippen LogP contribution in [0.5, 0.6) is 0 Å². The van der Waals surface area contributed by atoms with Gasteiger partial charge in [0, 0.05) is 23.0 Å².